The van der Waals surface area contributed by atoms with Crippen LogP contribution >= 0.6 is 0 Å². The molecule has 2 aliphatic rings. The van der Waals surface area contributed by atoms with E-state index in [4.69, 9.17) is 16.2 Å². The second kappa shape index (κ2) is 5.80. The van der Waals surface area contributed by atoms with E-state index in [0.717, 1.165) is 38.5 Å². The van der Waals surface area contributed by atoms with Gasteiger partial charge >= 0.3 is 0 Å². The standard InChI is InChI=1S/C12H23N3O2/c13-7-10-5-6-11(17-10)12(16)15-9-3-1-8(14)2-4-9/h8-11H,1-7,13-14H2,(H,15,16). The monoisotopic (exact) mass is 241 g/mol. The number of nitrogens with one attached hydrogen (secondary N) is 1. The predicted octanol–water partition coefficient (Wildman–Crippen LogP) is -0.121. The van der Waals surface area contributed by atoms with Crippen molar-refractivity contribution in [3.63, 3.8) is 0 Å². The Kier molecular flexibility index (Phi) is 4.36. The highest BCUT2D eigenvalue weighted by molar-refractivity contribution is 5.81. The van der Waals surface area contributed by atoms with Crippen molar-refractivity contribution in [2.45, 2.75) is 62.8 Å². The first-order valence-electron chi connectivity index (χ1n) is 6.60. The molecule has 0 aromatic heterocycles. The lowest BCUT2D eigenvalue weighted by molar-refractivity contribution is -0.132. The van der Waals surface area contributed by atoms with Crippen molar-refractivity contribution in [1.29, 1.82) is 0 Å². The molecule has 0 aromatic rings. The van der Waals surface area contributed by atoms with Gasteiger partial charge in [0.25, 0.3) is 0 Å². The van der Waals surface area contributed by atoms with Crippen LogP contribution in [0.5, 0.6) is 0 Å². The lowest BCUT2D eigenvalue weighted by atomic mass is 9.91. The van der Waals surface area contributed by atoms with Crippen molar-refractivity contribution in [2.24, 2.45) is 11.5 Å². The van der Waals surface area contributed by atoms with Crippen molar-refractivity contribution >= 4 is 5.91 Å². The van der Waals surface area contributed by atoms with Gasteiger partial charge in [-0.15, -0.1) is 0 Å². The van der Waals surface area contributed by atoms with E-state index >= 15 is 0 Å². The Balaban J connectivity index is 1.74. The minimum atomic E-state index is -0.292. The summed E-state index contributed by atoms with van der Waals surface area (Å²) in [7, 11) is 0. The van der Waals surface area contributed by atoms with Gasteiger partial charge in [0.1, 0.15) is 6.10 Å². The number of carbonyl (C=O) groups excluding carboxylic acids is 1. The van der Waals surface area contributed by atoms with Crippen LogP contribution in [0.25, 0.3) is 0 Å². The summed E-state index contributed by atoms with van der Waals surface area (Å²) in [6, 6.07) is 0.593. The van der Waals surface area contributed by atoms with Gasteiger partial charge in [-0.2, -0.15) is 0 Å². The van der Waals surface area contributed by atoms with Crippen molar-refractivity contribution in [3.05, 3.63) is 0 Å². The molecule has 2 rings (SSSR count). The van der Waals surface area contributed by atoms with Gasteiger partial charge in [-0.1, -0.05) is 0 Å². The molecular weight excluding hydrogens is 218 g/mol. The van der Waals surface area contributed by atoms with Crippen molar-refractivity contribution in [2.75, 3.05) is 6.54 Å². The lowest BCUT2D eigenvalue weighted by Crippen LogP contribution is -2.44. The van der Waals surface area contributed by atoms with Gasteiger partial charge in [-0.05, 0) is 38.5 Å². The zero-order valence-corrected chi connectivity index (χ0v) is 10.2. The molecule has 17 heavy (non-hydrogen) atoms. The van der Waals surface area contributed by atoms with Crippen LogP contribution in [0.2, 0.25) is 0 Å². The Hall–Kier alpha value is -0.650. The third-order valence-electron chi connectivity index (χ3n) is 3.78. The topological polar surface area (TPSA) is 90.4 Å². The van der Waals surface area contributed by atoms with Gasteiger partial charge in [0, 0.05) is 18.6 Å². The summed E-state index contributed by atoms with van der Waals surface area (Å²) < 4.78 is 5.57. The molecular formula is C12H23N3O2. The van der Waals surface area contributed by atoms with E-state index in [1.54, 1.807) is 0 Å². The molecule has 2 fully saturated rings. The van der Waals surface area contributed by atoms with Gasteiger partial charge in [0.15, 0.2) is 0 Å². The van der Waals surface area contributed by atoms with Crippen LogP contribution < -0.4 is 16.8 Å². The molecule has 98 valence electrons. The first-order valence-corrected chi connectivity index (χ1v) is 6.60. The zero-order valence-electron chi connectivity index (χ0n) is 10.2. The molecule has 5 nitrogen and oxygen atoms in total. The molecule has 1 aliphatic heterocycles. The predicted molar refractivity (Wildman–Crippen MR) is 65.3 cm³/mol. The maximum Gasteiger partial charge on any atom is 0.249 e. The number of amides is 1. The summed E-state index contributed by atoms with van der Waals surface area (Å²) in [5.74, 6) is 0.0291. The molecule has 5 N–H and O–H groups in total. The summed E-state index contributed by atoms with van der Waals surface area (Å²) in [6.45, 7) is 0.502. The summed E-state index contributed by atoms with van der Waals surface area (Å²) in [5, 5.41) is 3.07. The smallest absolute Gasteiger partial charge is 0.249 e. The molecule has 1 saturated heterocycles. The third-order valence-corrected chi connectivity index (χ3v) is 3.78. The van der Waals surface area contributed by atoms with Gasteiger partial charge in [0.05, 0.1) is 6.10 Å². The van der Waals surface area contributed by atoms with E-state index in [9.17, 15) is 4.79 Å². The average molecular weight is 241 g/mol. The van der Waals surface area contributed by atoms with Crippen LogP contribution in [0.3, 0.4) is 0 Å². The minimum absolute atomic E-state index is 0.0291. The first kappa shape index (κ1) is 12.8. The van der Waals surface area contributed by atoms with E-state index in [1.165, 1.54) is 0 Å². The minimum Gasteiger partial charge on any atom is -0.364 e. The van der Waals surface area contributed by atoms with Crippen molar-refractivity contribution in [3.8, 4) is 0 Å². The quantitative estimate of drug-likeness (QED) is 0.642. The molecule has 1 aliphatic carbocycles. The second-order valence-corrected chi connectivity index (χ2v) is 5.18. The van der Waals surface area contributed by atoms with E-state index < -0.39 is 0 Å². The number of hydrogen-bond donors (Lipinski definition) is 3. The van der Waals surface area contributed by atoms with Gasteiger partial charge in [-0.3, -0.25) is 4.79 Å². The number of hydrogen-bond acceptors (Lipinski definition) is 4. The van der Waals surface area contributed by atoms with Crippen LogP contribution in [0.1, 0.15) is 38.5 Å². The van der Waals surface area contributed by atoms with Gasteiger partial charge < -0.3 is 21.5 Å². The summed E-state index contributed by atoms with van der Waals surface area (Å²) in [6.07, 6.45) is 5.43. The van der Waals surface area contributed by atoms with E-state index in [0.29, 0.717) is 12.6 Å². The maximum atomic E-state index is 11.9. The Labute approximate surface area is 102 Å². The van der Waals surface area contributed by atoms with Gasteiger partial charge in [-0.25, -0.2) is 0 Å². The SMILES string of the molecule is NCC1CCC(C(=O)NC2CCC(N)CC2)O1. The fourth-order valence-electron chi connectivity index (χ4n) is 2.63. The van der Waals surface area contributed by atoms with Crippen LogP contribution in [-0.2, 0) is 9.53 Å². The fourth-order valence-corrected chi connectivity index (χ4v) is 2.63. The molecule has 1 heterocycles. The highest BCUT2D eigenvalue weighted by atomic mass is 16.5. The van der Waals surface area contributed by atoms with Crippen LogP contribution in [0.15, 0.2) is 0 Å². The summed E-state index contributed by atoms with van der Waals surface area (Å²) in [5.41, 5.74) is 11.4. The Morgan fingerprint density at radius 3 is 2.47 bits per heavy atom. The first-order chi connectivity index (χ1) is 8.19. The molecule has 1 amide bonds. The highest BCUT2D eigenvalue weighted by Crippen LogP contribution is 2.21. The van der Waals surface area contributed by atoms with E-state index in [-0.39, 0.29) is 24.2 Å². The molecule has 0 bridgehead atoms. The zero-order chi connectivity index (χ0) is 12.3. The summed E-state index contributed by atoms with van der Waals surface area (Å²) >= 11 is 0. The highest BCUT2D eigenvalue weighted by Gasteiger charge is 2.31. The molecule has 0 spiro atoms. The molecule has 2 unspecified atom stereocenters. The Bertz CT molecular complexity index is 264. The molecule has 0 aromatic carbocycles. The Morgan fingerprint density at radius 1 is 1.18 bits per heavy atom. The average Bonchev–Trinajstić information content (AvgIpc) is 2.81. The summed E-state index contributed by atoms with van der Waals surface area (Å²) in [4.78, 5) is 11.9. The molecule has 5 heteroatoms. The number of nitrogens with two attached hydrogens (primary N) is 2. The van der Waals surface area contributed by atoms with E-state index in [1.807, 2.05) is 0 Å². The third kappa shape index (κ3) is 3.40. The van der Waals surface area contributed by atoms with Crippen molar-refractivity contribution < 1.29 is 9.53 Å². The second-order valence-electron chi connectivity index (χ2n) is 5.18. The number of rotatable bonds is 3. The van der Waals surface area contributed by atoms with Crippen LogP contribution in [0, 0.1) is 0 Å². The van der Waals surface area contributed by atoms with Crippen molar-refractivity contribution in [1.82, 2.24) is 5.32 Å². The lowest BCUT2D eigenvalue weighted by Gasteiger charge is -2.27. The van der Waals surface area contributed by atoms with Crippen LogP contribution in [0.4, 0.5) is 0 Å². The number of carbonyl (C=O) groups is 1. The maximum absolute atomic E-state index is 11.9. The molecule has 1 saturated carbocycles. The normalized spacial score (nSPS) is 38.0. The van der Waals surface area contributed by atoms with E-state index in [2.05, 4.69) is 5.32 Å². The molecule has 0 radical (unpaired) electrons. The van der Waals surface area contributed by atoms with Crippen LogP contribution in [-0.4, -0.2) is 36.7 Å². The Morgan fingerprint density at radius 2 is 1.88 bits per heavy atom. The molecule has 2 atom stereocenters. The number of ether oxygens (including phenoxy) is 1. The fraction of sp³-hybridized carbons (Fsp3) is 0.917. The van der Waals surface area contributed by atoms with Gasteiger partial charge in [0.2, 0.25) is 5.91 Å². The largest absolute Gasteiger partial charge is 0.364 e.